The van der Waals surface area contributed by atoms with Crippen LogP contribution in [0.2, 0.25) is 0 Å². The van der Waals surface area contributed by atoms with Crippen molar-refractivity contribution in [3.63, 3.8) is 0 Å². The van der Waals surface area contributed by atoms with Gasteiger partial charge in [0, 0.05) is 32.3 Å². The van der Waals surface area contributed by atoms with Crippen LogP contribution in [0.5, 0.6) is 0 Å². The Morgan fingerprint density at radius 1 is 1.44 bits per heavy atom. The predicted molar refractivity (Wildman–Crippen MR) is 62.0 cm³/mol. The van der Waals surface area contributed by atoms with Crippen molar-refractivity contribution in [1.82, 2.24) is 10.2 Å². The number of rotatable bonds is 8. The molecule has 0 heterocycles. The second kappa shape index (κ2) is 5.62. The van der Waals surface area contributed by atoms with Crippen molar-refractivity contribution in [1.29, 1.82) is 5.26 Å². The molecule has 0 saturated heterocycles. The molecule has 0 spiro atoms. The fraction of sp³-hybridized carbons (Fsp3) is 0.917. The highest BCUT2D eigenvalue weighted by molar-refractivity contribution is 4.99. The lowest BCUT2D eigenvalue weighted by atomic mass is 10.2. The topological polar surface area (TPSA) is 48.3 Å². The van der Waals surface area contributed by atoms with Crippen LogP contribution in [0.25, 0.3) is 0 Å². The molecule has 4 heteroatoms. The molecule has 2 fully saturated rings. The van der Waals surface area contributed by atoms with E-state index in [1.165, 1.54) is 25.7 Å². The van der Waals surface area contributed by atoms with Gasteiger partial charge in [-0.15, -0.1) is 0 Å². The SMILES string of the molecule is COCCN(CC(C#N)NC1CC1)C1CC1. The Morgan fingerprint density at radius 3 is 2.69 bits per heavy atom. The zero-order chi connectivity index (χ0) is 11.4. The molecule has 0 aromatic rings. The molecule has 0 aromatic heterocycles. The van der Waals surface area contributed by atoms with E-state index in [0.717, 1.165) is 19.7 Å². The zero-order valence-electron chi connectivity index (χ0n) is 9.98. The number of ether oxygens (including phenoxy) is 1. The van der Waals surface area contributed by atoms with E-state index in [9.17, 15) is 0 Å². The molecule has 4 nitrogen and oxygen atoms in total. The summed E-state index contributed by atoms with van der Waals surface area (Å²) in [6, 6.07) is 3.67. The standard InChI is InChI=1S/C12H21N3O/c1-16-7-6-15(12-4-5-12)9-11(8-13)14-10-2-3-10/h10-12,14H,2-7,9H2,1H3. The summed E-state index contributed by atoms with van der Waals surface area (Å²) in [5.74, 6) is 0. The minimum atomic E-state index is -0.00930. The first kappa shape index (κ1) is 11.8. The molecule has 2 aliphatic rings. The van der Waals surface area contributed by atoms with Gasteiger partial charge in [-0.05, 0) is 25.7 Å². The van der Waals surface area contributed by atoms with E-state index >= 15 is 0 Å². The first-order valence-electron chi connectivity index (χ1n) is 6.22. The first-order chi connectivity index (χ1) is 7.83. The van der Waals surface area contributed by atoms with Gasteiger partial charge in [0.25, 0.3) is 0 Å². The van der Waals surface area contributed by atoms with Crippen LogP contribution in [0, 0.1) is 11.3 Å². The van der Waals surface area contributed by atoms with Crippen molar-refractivity contribution in [3.05, 3.63) is 0 Å². The smallest absolute Gasteiger partial charge is 0.108 e. The van der Waals surface area contributed by atoms with E-state index in [1.54, 1.807) is 7.11 Å². The molecule has 2 saturated carbocycles. The molecule has 0 radical (unpaired) electrons. The van der Waals surface area contributed by atoms with Crippen LogP contribution in [0.15, 0.2) is 0 Å². The predicted octanol–water partition coefficient (Wildman–Crippen LogP) is 0.741. The largest absolute Gasteiger partial charge is 0.383 e. The highest BCUT2D eigenvalue weighted by atomic mass is 16.5. The molecule has 1 N–H and O–H groups in total. The number of nitrogens with one attached hydrogen (secondary N) is 1. The van der Waals surface area contributed by atoms with Crippen LogP contribution in [-0.2, 0) is 4.74 Å². The van der Waals surface area contributed by atoms with Crippen LogP contribution >= 0.6 is 0 Å². The number of nitrogens with zero attached hydrogens (tertiary/aromatic N) is 2. The maximum Gasteiger partial charge on any atom is 0.108 e. The summed E-state index contributed by atoms with van der Waals surface area (Å²) >= 11 is 0. The third kappa shape index (κ3) is 3.75. The Labute approximate surface area is 97.6 Å². The van der Waals surface area contributed by atoms with Crippen molar-refractivity contribution in [2.45, 2.75) is 43.8 Å². The molecule has 1 atom stereocenters. The molecule has 2 rings (SSSR count). The van der Waals surface area contributed by atoms with Crippen LogP contribution in [0.1, 0.15) is 25.7 Å². The van der Waals surface area contributed by atoms with Gasteiger partial charge in [-0.25, -0.2) is 0 Å². The maximum atomic E-state index is 9.11. The average molecular weight is 223 g/mol. The molecule has 0 aliphatic heterocycles. The number of hydrogen-bond acceptors (Lipinski definition) is 4. The van der Waals surface area contributed by atoms with Crippen LogP contribution < -0.4 is 5.32 Å². The molecule has 0 bridgehead atoms. The summed E-state index contributed by atoms with van der Waals surface area (Å²) in [5, 5.41) is 12.5. The maximum absolute atomic E-state index is 9.11. The highest BCUT2D eigenvalue weighted by Gasteiger charge is 2.32. The molecular weight excluding hydrogens is 202 g/mol. The quantitative estimate of drug-likeness (QED) is 0.659. The van der Waals surface area contributed by atoms with E-state index < -0.39 is 0 Å². The summed E-state index contributed by atoms with van der Waals surface area (Å²) in [6.45, 7) is 2.56. The van der Waals surface area contributed by atoms with Gasteiger partial charge in [-0.3, -0.25) is 10.2 Å². The van der Waals surface area contributed by atoms with Crippen LogP contribution in [-0.4, -0.2) is 49.8 Å². The monoisotopic (exact) mass is 223 g/mol. The zero-order valence-corrected chi connectivity index (χ0v) is 9.98. The second-order valence-electron chi connectivity index (χ2n) is 4.84. The molecule has 1 unspecified atom stereocenters. The Balaban J connectivity index is 1.75. The highest BCUT2D eigenvalue weighted by Crippen LogP contribution is 2.27. The van der Waals surface area contributed by atoms with E-state index in [4.69, 9.17) is 10.00 Å². The van der Waals surface area contributed by atoms with Crippen LogP contribution in [0.3, 0.4) is 0 Å². The van der Waals surface area contributed by atoms with E-state index in [-0.39, 0.29) is 6.04 Å². The van der Waals surface area contributed by atoms with Crippen molar-refractivity contribution in [2.75, 3.05) is 26.8 Å². The molecule has 90 valence electrons. The van der Waals surface area contributed by atoms with Gasteiger partial charge in [-0.1, -0.05) is 0 Å². The Bertz CT molecular complexity index is 255. The van der Waals surface area contributed by atoms with Crippen molar-refractivity contribution < 1.29 is 4.74 Å². The summed E-state index contributed by atoms with van der Waals surface area (Å²) < 4.78 is 5.11. The first-order valence-corrected chi connectivity index (χ1v) is 6.22. The third-order valence-electron chi connectivity index (χ3n) is 3.23. The lowest BCUT2D eigenvalue weighted by Gasteiger charge is -2.24. The normalized spacial score (nSPS) is 22.1. The van der Waals surface area contributed by atoms with Crippen LogP contribution in [0.4, 0.5) is 0 Å². The third-order valence-corrected chi connectivity index (χ3v) is 3.23. The van der Waals surface area contributed by atoms with Crippen molar-refractivity contribution in [2.24, 2.45) is 0 Å². The Hall–Kier alpha value is -0.630. The van der Waals surface area contributed by atoms with Gasteiger partial charge in [-0.2, -0.15) is 5.26 Å². The second-order valence-corrected chi connectivity index (χ2v) is 4.84. The summed E-state index contributed by atoms with van der Waals surface area (Å²) in [4.78, 5) is 2.40. The van der Waals surface area contributed by atoms with Gasteiger partial charge in [0.05, 0.1) is 12.7 Å². The molecule has 16 heavy (non-hydrogen) atoms. The minimum absolute atomic E-state index is 0.00930. The van der Waals surface area contributed by atoms with E-state index in [2.05, 4.69) is 16.3 Å². The van der Waals surface area contributed by atoms with Gasteiger partial charge in [0.15, 0.2) is 0 Å². The molecule has 2 aliphatic carbocycles. The number of hydrogen-bond donors (Lipinski definition) is 1. The van der Waals surface area contributed by atoms with E-state index in [1.807, 2.05) is 0 Å². The minimum Gasteiger partial charge on any atom is -0.383 e. The van der Waals surface area contributed by atoms with Gasteiger partial charge < -0.3 is 4.74 Å². The molecular formula is C12H21N3O. The fourth-order valence-corrected chi connectivity index (χ4v) is 1.97. The lowest BCUT2D eigenvalue weighted by Crippen LogP contribution is -2.43. The lowest BCUT2D eigenvalue weighted by molar-refractivity contribution is 0.140. The average Bonchev–Trinajstić information content (AvgIpc) is 3.15. The fourth-order valence-electron chi connectivity index (χ4n) is 1.97. The van der Waals surface area contributed by atoms with Gasteiger partial charge in [0.2, 0.25) is 0 Å². The summed E-state index contributed by atoms with van der Waals surface area (Å²) in [6.07, 6.45) is 5.04. The Kier molecular flexibility index (Phi) is 4.16. The van der Waals surface area contributed by atoms with Gasteiger partial charge >= 0.3 is 0 Å². The molecule has 0 amide bonds. The summed E-state index contributed by atoms with van der Waals surface area (Å²) in [7, 11) is 1.73. The number of methoxy groups -OCH3 is 1. The van der Waals surface area contributed by atoms with Crippen molar-refractivity contribution in [3.8, 4) is 6.07 Å². The van der Waals surface area contributed by atoms with Crippen molar-refractivity contribution >= 4 is 0 Å². The molecule has 0 aromatic carbocycles. The summed E-state index contributed by atoms with van der Waals surface area (Å²) in [5.41, 5.74) is 0. The Morgan fingerprint density at radius 2 is 2.19 bits per heavy atom. The number of nitriles is 1. The van der Waals surface area contributed by atoms with Gasteiger partial charge in [0.1, 0.15) is 6.04 Å². The van der Waals surface area contributed by atoms with E-state index in [0.29, 0.717) is 12.1 Å².